The normalized spacial score (nSPS) is 10.9. The Bertz CT molecular complexity index is 1110. The van der Waals surface area contributed by atoms with E-state index in [4.69, 9.17) is 0 Å². The quantitative estimate of drug-likeness (QED) is 0.428. The number of hydrogen-bond acceptors (Lipinski definition) is 2. The molecule has 0 amide bonds. The molecule has 0 aliphatic rings. The van der Waals surface area contributed by atoms with E-state index in [0.717, 1.165) is 18.4 Å². The van der Waals surface area contributed by atoms with Crippen molar-refractivity contribution < 1.29 is 9.90 Å². The molecule has 4 aromatic rings. The maximum absolute atomic E-state index is 12.9. The lowest BCUT2D eigenvalue weighted by molar-refractivity contribution is 0.103. The SMILES string of the molecule is O=C(c1ccccc1)c1cccc(O)c1CCCc1cccc2ccccc12. The Balaban J connectivity index is 1.56. The van der Waals surface area contributed by atoms with Gasteiger partial charge < -0.3 is 5.11 Å². The van der Waals surface area contributed by atoms with Gasteiger partial charge in [0, 0.05) is 16.7 Å². The molecule has 138 valence electrons. The molecule has 4 rings (SSSR count). The molecule has 0 spiro atoms. The van der Waals surface area contributed by atoms with Gasteiger partial charge in [0.15, 0.2) is 5.78 Å². The van der Waals surface area contributed by atoms with Crippen molar-refractivity contribution in [3.63, 3.8) is 0 Å². The lowest BCUT2D eigenvalue weighted by Gasteiger charge is -2.12. The molecule has 2 nitrogen and oxygen atoms in total. The second-order valence-electron chi connectivity index (χ2n) is 6.99. The van der Waals surface area contributed by atoms with E-state index in [9.17, 15) is 9.90 Å². The molecular formula is C26H22O2. The first-order valence-electron chi connectivity index (χ1n) is 9.61. The first-order chi connectivity index (χ1) is 13.7. The molecule has 0 atom stereocenters. The summed E-state index contributed by atoms with van der Waals surface area (Å²) in [6.45, 7) is 0. The largest absolute Gasteiger partial charge is 0.508 e. The maximum Gasteiger partial charge on any atom is 0.193 e. The van der Waals surface area contributed by atoms with Crippen LogP contribution in [-0.4, -0.2) is 10.9 Å². The summed E-state index contributed by atoms with van der Waals surface area (Å²) in [6.07, 6.45) is 2.42. The number of benzene rings is 4. The van der Waals surface area contributed by atoms with Gasteiger partial charge in [-0.25, -0.2) is 0 Å². The topological polar surface area (TPSA) is 37.3 Å². The zero-order valence-electron chi connectivity index (χ0n) is 15.6. The highest BCUT2D eigenvalue weighted by Crippen LogP contribution is 2.26. The summed E-state index contributed by atoms with van der Waals surface area (Å²) in [6, 6.07) is 29.2. The monoisotopic (exact) mass is 366 g/mol. The van der Waals surface area contributed by atoms with Crippen LogP contribution in [0.5, 0.6) is 5.75 Å². The molecule has 0 radical (unpaired) electrons. The Kier molecular flexibility index (Phi) is 5.20. The standard InChI is InChI=1S/C26H22O2/c27-25-18-8-17-24(26(28)21-10-2-1-3-11-21)23(25)16-7-14-20-13-6-12-19-9-4-5-15-22(19)20/h1-6,8-13,15,17-18,27H,7,14,16H2. The van der Waals surface area contributed by atoms with Crippen molar-refractivity contribution in [2.45, 2.75) is 19.3 Å². The zero-order chi connectivity index (χ0) is 19.3. The van der Waals surface area contributed by atoms with Crippen LogP contribution in [0.3, 0.4) is 0 Å². The molecule has 0 heterocycles. The van der Waals surface area contributed by atoms with Gasteiger partial charge in [0.2, 0.25) is 0 Å². The summed E-state index contributed by atoms with van der Waals surface area (Å²) < 4.78 is 0. The molecule has 4 aromatic carbocycles. The van der Waals surface area contributed by atoms with Gasteiger partial charge in [-0.1, -0.05) is 84.9 Å². The van der Waals surface area contributed by atoms with Crippen molar-refractivity contribution >= 4 is 16.6 Å². The summed E-state index contributed by atoms with van der Waals surface area (Å²) in [5, 5.41) is 12.9. The summed E-state index contributed by atoms with van der Waals surface area (Å²) in [5.74, 6) is 0.149. The van der Waals surface area contributed by atoms with Gasteiger partial charge in [0.05, 0.1) is 0 Å². The molecule has 0 bridgehead atoms. The molecule has 0 fully saturated rings. The van der Waals surface area contributed by atoms with Crippen LogP contribution in [0.25, 0.3) is 10.8 Å². The maximum atomic E-state index is 12.9. The van der Waals surface area contributed by atoms with Crippen LogP contribution in [0.15, 0.2) is 91.0 Å². The minimum absolute atomic E-state index is 0.0448. The second-order valence-corrected chi connectivity index (χ2v) is 6.99. The van der Waals surface area contributed by atoms with Crippen LogP contribution in [-0.2, 0) is 12.8 Å². The highest BCUT2D eigenvalue weighted by molar-refractivity contribution is 6.10. The van der Waals surface area contributed by atoms with E-state index in [0.29, 0.717) is 17.5 Å². The molecular weight excluding hydrogens is 344 g/mol. The van der Waals surface area contributed by atoms with Gasteiger partial charge in [-0.2, -0.15) is 0 Å². The number of fused-ring (bicyclic) bond motifs is 1. The third-order valence-electron chi connectivity index (χ3n) is 5.18. The number of carbonyl (C=O) groups excluding carboxylic acids is 1. The Labute approximate surface area is 165 Å². The highest BCUT2D eigenvalue weighted by atomic mass is 16.3. The lowest BCUT2D eigenvalue weighted by atomic mass is 9.93. The lowest BCUT2D eigenvalue weighted by Crippen LogP contribution is -2.06. The van der Waals surface area contributed by atoms with Crippen molar-refractivity contribution in [2.75, 3.05) is 0 Å². The molecule has 0 saturated heterocycles. The molecule has 28 heavy (non-hydrogen) atoms. The highest BCUT2D eigenvalue weighted by Gasteiger charge is 2.16. The smallest absolute Gasteiger partial charge is 0.193 e. The summed E-state index contributed by atoms with van der Waals surface area (Å²) in [4.78, 5) is 12.9. The fraction of sp³-hybridized carbons (Fsp3) is 0.115. The number of phenols is 1. The Morgan fingerprint density at radius 1 is 0.714 bits per heavy atom. The average Bonchev–Trinajstić information content (AvgIpc) is 2.75. The number of aromatic hydroxyl groups is 1. The first kappa shape index (κ1) is 18.0. The van der Waals surface area contributed by atoms with Gasteiger partial charge in [-0.15, -0.1) is 0 Å². The number of rotatable bonds is 6. The summed E-state index contributed by atoms with van der Waals surface area (Å²) >= 11 is 0. The van der Waals surface area contributed by atoms with Gasteiger partial charge in [0.1, 0.15) is 5.75 Å². The van der Waals surface area contributed by atoms with E-state index in [1.54, 1.807) is 12.1 Å². The Morgan fingerprint density at radius 3 is 2.29 bits per heavy atom. The summed E-state index contributed by atoms with van der Waals surface area (Å²) in [7, 11) is 0. The zero-order valence-corrected chi connectivity index (χ0v) is 15.6. The molecule has 0 aliphatic carbocycles. The number of aryl methyl sites for hydroxylation is 1. The molecule has 0 aliphatic heterocycles. The van der Waals surface area contributed by atoms with Gasteiger partial charge >= 0.3 is 0 Å². The average molecular weight is 366 g/mol. The third kappa shape index (κ3) is 3.67. The minimum atomic E-state index is -0.0448. The molecule has 2 heteroatoms. The van der Waals surface area contributed by atoms with Crippen LogP contribution >= 0.6 is 0 Å². The van der Waals surface area contributed by atoms with Crippen LogP contribution in [0.4, 0.5) is 0 Å². The van der Waals surface area contributed by atoms with Crippen LogP contribution in [0.2, 0.25) is 0 Å². The van der Waals surface area contributed by atoms with E-state index >= 15 is 0 Å². The van der Waals surface area contributed by atoms with Gasteiger partial charge in [-0.05, 0) is 41.7 Å². The predicted molar refractivity (Wildman–Crippen MR) is 114 cm³/mol. The van der Waals surface area contributed by atoms with Crippen molar-refractivity contribution in [3.8, 4) is 5.75 Å². The third-order valence-corrected chi connectivity index (χ3v) is 5.18. The number of phenolic OH excluding ortho intramolecular Hbond substituents is 1. The van der Waals surface area contributed by atoms with Crippen molar-refractivity contribution in [1.82, 2.24) is 0 Å². The Morgan fingerprint density at radius 2 is 1.43 bits per heavy atom. The molecule has 1 N–H and O–H groups in total. The van der Waals surface area contributed by atoms with Crippen molar-refractivity contribution in [3.05, 3.63) is 113 Å². The molecule has 0 unspecified atom stereocenters. The van der Waals surface area contributed by atoms with Gasteiger partial charge in [-0.3, -0.25) is 4.79 Å². The number of ketones is 1. The van der Waals surface area contributed by atoms with E-state index < -0.39 is 0 Å². The second kappa shape index (κ2) is 8.10. The molecule has 0 aromatic heterocycles. The fourth-order valence-electron chi connectivity index (χ4n) is 3.76. The van der Waals surface area contributed by atoms with E-state index in [1.165, 1.54) is 16.3 Å². The summed E-state index contributed by atoms with van der Waals surface area (Å²) in [5.41, 5.74) is 3.26. The van der Waals surface area contributed by atoms with E-state index in [-0.39, 0.29) is 11.5 Å². The van der Waals surface area contributed by atoms with Crippen molar-refractivity contribution in [2.24, 2.45) is 0 Å². The fourth-order valence-corrected chi connectivity index (χ4v) is 3.76. The first-order valence-corrected chi connectivity index (χ1v) is 9.61. The molecule has 0 saturated carbocycles. The van der Waals surface area contributed by atoms with Crippen LogP contribution in [0.1, 0.15) is 33.5 Å². The van der Waals surface area contributed by atoms with Crippen molar-refractivity contribution in [1.29, 1.82) is 0 Å². The predicted octanol–water partition coefficient (Wildman–Crippen LogP) is 5.95. The Hall–Kier alpha value is -3.39. The minimum Gasteiger partial charge on any atom is -0.508 e. The van der Waals surface area contributed by atoms with Gasteiger partial charge in [0.25, 0.3) is 0 Å². The number of hydrogen-bond donors (Lipinski definition) is 1. The number of carbonyl (C=O) groups is 1. The van der Waals surface area contributed by atoms with Crippen LogP contribution < -0.4 is 0 Å². The van der Waals surface area contributed by atoms with E-state index in [2.05, 4.69) is 42.5 Å². The van der Waals surface area contributed by atoms with Crippen LogP contribution in [0, 0.1) is 0 Å². The van der Waals surface area contributed by atoms with E-state index in [1.807, 2.05) is 36.4 Å².